The monoisotopic (exact) mass is 142 g/mol. The average Bonchev–Trinajstić information content (AvgIpc) is 2.34. The number of aromatic nitrogens is 3. The van der Waals surface area contributed by atoms with Gasteiger partial charge in [0.2, 0.25) is 0 Å². The second kappa shape index (κ2) is 2.76. The quantitative estimate of drug-likeness (QED) is 0.521. The van der Waals surface area contributed by atoms with Gasteiger partial charge in [-0.3, -0.25) is 5.32 Å². The number of hydrogen-bond acceptors (Lipinski definition) is 4. The van der Waals surface area contributed by atoms with Crippen molar-refractivity contribution in [1.29, 1.82) is 0 Å². The molecule has 0 bridgehead atoms. The number of nitrogens with zero attached hydrogens (tertiary/aromatic N) is 3. The van der Waals surface area contributed by atoms with Crippen molar-refractivity contribution in [3.05, 3.63) is 12.2 Å². The van der Waals surface area contributed by atoms with Crippen molar-refractivity contribution in [3.8, 4) is 0 Å². The number of nitrogens with one attached hydrogen (secondary N) is 1. The molecule has 0 aromatic carbocycles. The molecule has 10 heavy (non-hydrogen) atoms. The van der Waals surface area contributed by atoms with Crippen LogP contribution in [0.4, 0.5) is 0 Å². The second-order valence-electron chi connectivity index (χ2n) is 1.93. The lowest BCUT2D eigenvalue weighted by Gasteiger charge is -2.06. The molecular weight excluding hydrogens is 132 g/mol. The molecule has 1 aromatic heterocycles. The summed E-state index contributed by atoms with van der Waals surface area (Å²) in [6, 6.07) is 0. The van der Waals surface area contributed by atoms with Crippen LogP contribution in [0.2, 0.25) is 0 Å². The van der Waals surface area contributed by atoms with Gasteiger partial charge in [0.15, 0.2) is 12.1 Å². The number of rotatable bonds is 2. The molecule has 56 valence electrons. The van der Waals surface area contributed by atoms with Crippen LogP contribution < -0.4 is 5.32 Å². The van der Waals surface area contributed by atoms with Crippen molar-refractivity contribution in [2.45, 2.75) is 6.23 Å². The normalized spacial score (nSPS) is 13.5. The summed E-state index contributed by atoms with van der Waals surface area (Å²) >= 11 is 0. The molecule has 0 radical (unpaired) electrons. The Morgan fingerprint density at radius 3 is 2.90 bits per heavy atom. The number of aliphatic hydroxyl groups is 1. The first-order valence-corrected chi connectivity index (χ1v) is 2.95. The van der Waals surface area contributed by atoms with Gasteiger partial charge in [-0.15, -0.1) is 0 Å². The van der Waals surface area contributed by atoms with E-state index in [0.29, 0.717) is 5.82 Å². The Bertz CT molecular complexity index is 209. The molecule has 1 rings (SSSR count). The summed E-state index contributed by atoms with van der Waals surface area (Å²) in [6.07, 6.45) is 0.670. The van der Waals surface area contributed by atoms with Gasteiger partial charge in [0.05, 0.1) is 0 Å². The Labute approximate surface area is 58.7 Å². The molecule has 2 N–H and O–H groups in total. The van der Waals surface area contributed by atoms with E-state index in [4.69, 9.17) is 5.11 Å². The minimum atomic E-state index is -0.729. The van der Waals surface area contributed by atoms with E-state index >= 15 is 0 Å². The third-order valence-electron chi connectivity index (χ3n) is 1.26. The fraction of sp³-hybridized carbons (Fsp3) is 0.600. The topological polar surface area (TPSA) is 63.0 Å². The molecule has 1 unspecified atom stereocenters. The molecule has 0 aliphatic rings. The van der Waals surface area contributed by atoms with E-state index in [9.17, 15) is 0 Å². The summed E-state index contributed by atoms with van der Waals surface area (Å²) in [4.78, 5) is 3.83. The molecule has 0 saturated heterocycles. The smallest absolute Gasteiger partial charge is 0.170 e. The number of hydrogen-bond donors (Lipinski definition) is 2. The molecule has 0 saturated carbocycles. The van der Waals surface area contributed by atoms with Crippen molar-refractivity contribution in [1.82, 2.24) is 20.1 Å². The second-order valence-corrected chi connectivity index (χ2v) is 1.93. The molecular formula is C5H10N4O. The predicted octanol–water partition coefficient (Wildman–Crippen LogP) is -0.975. The van der Waals surface area contributed by atoms with Crippen LogP contribution in [0.3, 0.4) is 0 Å². The van der Waals surface area contributed by atoms with Gasteiger partial charge in [-0.1, -0.05) is 0 Å². The Morgan fingerprint density at radius 2 is 2.50 bits per heavy atom. The zero-order valence-corrected chi connectivity index (χ0v) is 5.94. The Balaban J connectivity index is 2.82. The predicted molar refractivity (Wildman–Crippen MR) is 35.0 cm³/mol. The highest BCUT2D eigenvalue weighted by Gasteiger charge is 2.08. The molecule has 0 fully saturated rings. The van der Waals surface area contributed by atoms with Gasteiger partial charge in [0.1, 0.15) is 6.33 Å². The van der Waals surface area contributed by atoms with Gasteiger partial charge in [-0.25, -0.2) is 9.67 Å². The van der Waals surface area contributed by atoms with Crippen molar-refractivity contribution < 1.29 is 5.11 Å². The zero-order chi connectivity index (χ0) is 7.56. The van der Waals surface area contributed by atoms with Gasteiger partial charge in [-0.2, -0.15) is 5.10 Å². The first kappa shape index (κ1) is 7.17. The largest absolute Gasteiger partial charge is 0.371 e. The Morgan fingerprint density at radius 1 is 1.80 bits per heavy atom. The SMILES string of the molecule is CNC(O)c1ncnn1C. The van der Waals surface area contributed by atoms with Crippen LogP contribution in [0.25, 0.3) is 0 Å². The molecule has 1 aromatic rings. The van der Waals surface area contributed by atoms with Crippen molar-refractivity contribution in [2.24, 2.45) is 7.05 Å². The Hall–Kier alpha value is -0.940. The van der Waals surface area contributed by atoms with Gasteiger partial charge in [0.25, 0.3) is 0 Å². The van der Waals surface area contributed by atoms with Crippen molar-refractivity contribution in [3.63, 3.8) is 0 Å². The van der Waals surface area contributed by atoms with Crippen LogP contribution in [0, 0.1) is 0 Å². The maximum Gasteiger partial charge on any atom is 0.170 e. The third kappa shape index (κ3) is 1.14. The maximum atomic E-state index is 9.16. The third-order valence-corrected chi connectivity index (χ3v) is 1.26. The molecule has 0 aliphatic carbocycles. The number of aryl methyl sites for hydroxylation is 1. The summed E-state index contributed by atoms with van der Waals surface area (Å²) in [7, 11) is 3.38. The van der Waals surface area contributed by atoms with Crippen LogP contribution in [-0.4, -0.2) is 26.9 Å². The van der Waals surface area contributed by atoms with Crippen LogP contribution in [-0.2, 0) is 7.05 Å². The van der Waals surface area contributed by atoms with E-state index in [2.05, 4.69) is 15.4 Å². The molecule has 0 aliphatic heterocycles. The van der Waals surface area contributed by atoms with Gasteiger partial charge < -0.3 is 5.11 Å². The van der Waals surface area contributed by atoms with Gasteiger partial charge >= 0.3 is 0 Å². The summed E-state index contributed by atoms with van der Waals surface area (Å²) in [5.41, 5.74) is 0. The summed E-state index contributed by atoms with van der Waals surface area (Å²) in [5.74, 6) is 0.516. The minimum Gasteiger partial charge on any atom is -0.371 e. The molecule has 5 heteroatoms. The maximum absolute atomic E-state index is 9.16. The van der Waals surface area contributed by atoms with Gasteiger partial charge in [-0.05, 0) is 7.05 Å². The zero-order valence-electron chi connectivity index (χ0n) is 5.94. The minimum absolute atomic E-state index is 0.516. The standard InChI is InChI=1S/C5H10N4O/c1-6-5(10)4-7-3-8-9(4)2/h3,5-6,10H,1-2H3. The highest BCUT2D eigenvalue weighted by Crippen LogP contribution is 2.01. The summed E-state index contributed by atoms with van der Waals surface area (Å²) in [5, 5.41) is 15.6. The van der Waals surface area contributed by atoms with Crippen LogP contribution >= 0.6 is 0 Å². The molecule has 5 nitrogen and oxygen atoms in total. The van der Waals surface area contributed by atoms with E-state index < -0.39 is 6.23 Å². The van der Waals surface area contributed by atoms with Crippen molar-refractivity contribution in [2.75, 3.05) is 7.05 Å². The van der Waals surface area contributed by atoms with Crippen LogP contribution in [0.1, 0.15) is 12.1 Å². The molecule has 0 spiro atoms. The molecule has 1 heterocycles. The van der Waals surface area contributed by atoms with Crippen molar-refractivity contribution >= 4 is 0 Å². The first-order chi connectivity index (χ1) is 4.75. The number of aliphatic hydroxyl groups excluding tert-OH is 1. The van der Waals surface area contributed by atoms with E-state index in [1.165, 1.54) is 11.0 Å². The molecule has 0 amide bonds. The first-order valence-electron chi connectivity index (χ1n) is 2.95. The highest BCUT2D eigenvalue weighted by atomic mass is 16.3. The fourth-order valence-electron chi connectivity index (χ4n) is 0.682. The van der Waals surface area contributed by atoms with E-state index in [0.717, 1.165) is 0 Å². The lowest BCUT2D eigenvalue weighted by atomic mass is 10.5. The van der Waals surface area contributed by atoms with Crippen LogP contribution in [0.5, 0.6) is 0 Å². The van der Waals surface area contributed by atoms with E-state index in [-0.39, 0.29) is 0 Å². The molecule has 1 atom stereocenters. The lowest BCUT2D eigenvalue weighted by Crippen LogP contribution is -2.19. The highest BCUT2D eigenvalue weighted by molar-refractivity contribution is 4.86. The summed E-state index contributed by atoms with van der Waals surface area (Å²) in [6.45, 7) is 0. The lowest BCUT2D eigenvalue weighted by molar-refractivity contribution is 0.135. The Kier molecular flexibility index (Phi) is 1.98. The van der Waals surface area contributed by atoms with E-state index in [1.807, 2.05) is 0 Å². The fourth-order valence-corrected chi connectivity index (χ4v) is 0.682. The average molecular weight is 142 g/mol. The summed E-state index contributed by atoms with van der Waals surface area (Å²) < 4.78 is 1.52. The van der Waals surface area contributed by atoms with Crippen LogP contribution in [0.15, 0.2) is 6.33 Å². The van der Waals surface area contributed by atoms with E-state index in [1.54, 1.807) is 14.1 Å². The van der Waals surface area contributed by atoms with Gasteiger partial charge in [0, 0.05) is 7.05 Å².